The number of carbonyl (C=O) groups excluding carboxylic acids is 1. The molecule has 7 heteroatoms. The van der Waals surface area contributed by atoms with E-state index in [2.05, 4.69) is 0 Å². The van der Waals surface area contributed by atoms with Crippen molar-refractivity contribution in [3.63, 3.8) is 0 Å². The quantitative estimate of drug-likeness (QED) is 0.746. The molecule has 7 nitrogen and oxygen atoms in total. The van der Waals surface area contributed by atoms with Gasteiger partial charge in [-0.25, -0.2) is 9.59 Å². The first kappa shape index (κ1) is 21.4. The molecule has 0 spiro atoms. The Bertz CT molecular complexity index is 932. The van der Waals surface area contributed by atoms with Crippen LogP contribution < -0.4 is 0 Å². The highest BCUT2D eigenvalue weighted by Gasteiger charge is 2.40. The van der Waals surface area contributed by atoms with Crippen molar-refractivity contribution in [3.05, 3.63) is 59.7 Å². The molecule has 2 N–H and O–H groups in total. The van der Waals surface area contributed by atoms with E-state index in [9.17, 15) is 19.5 Å². The van der Waals surface area contributed by atoms with E-state index in [1.807, 2.05) is 48.5 Å². The van der Waals surface area contributed by atoms with Crippen molar-refractivity contribution in [1.82, 2.24) is 4.90 Å². The maximum Gasteiger partial charge on any atom is 0.410 e. The Balaban J connectivity index is 1.86. The van der Waals surface area contributed by atoms with E-state index in [4.69, 9.17) is 9.84 Å². The lowest BCUT2D eigenvalue weighted by molar-refractivity contribution is -0.151. The van der Waals surface area contributed by atoms with E-state index >= 15 is 0 Å². The van der Waals surface area contributed by atoms with Crippen LogP contribution in [-0.4, -0.2) is 51.3 Å². The van der Waals surface area contributed by atoms with Gasteiger partial charge in [0.2, 0.25) is 0 Å². The zero-order valence-electron chi connectivity index (χ0n) is 17.2. The number of benzene rings is 2. The second kappa shape index (κ2) is 8.18. The Morgan fingerprint density at radius 1 is 0.967 bits per heavy atom. The Morgan fingerprint density at radius 3 is 1.90 bits per heavy atom. The molecule has 0 unspecified atom stereocenters. The Morgan fingerprint density at radius 2 is 1.47 bits per heavy atom. The predicted octanol–water partition coefficient (Wildman–Crippen LogP) is 3.96. The van der Waals surface area contributed by atoms with Gasteiger partial charge in [-0.1, -0.05) is 48.5 Å². The minimum absolute atomic E-state index is 0.0266. The third-order valence-electron chi connectivity index (χ3n) is 5.22. The minimum atomic E-state index is -1.53. The lowest BCUT2D eigenvalue weighted by atomic mass is 9.98. The average Bonchev–Trinajstić information content (AvgIpc) is 2.98. The summed E-state index contributed by atoms with van der Waals surface area (Å²) in [4.78, 5) is 36.8. The zero-order chi connectivity index (χ0) is 22.1. The number of ether oxygens (including phenoxy) is 1. The lowest BCUT2D eigenvalue weighted by Gasteiger charge is -2.38. The Labute approximate surface area is 174 Å². The van der Waals surface area contributed by atoms with Crippen molar-refractivity contribution < 1.29 is 29.3 Å². The highest BCUT2D eigenvalue weighted by molar-refractivity contribution is 5.85. The molecule has 2 aromatic carbocycles. The maximum absolute atomic E-state index is 12.9. The molecule has 3 rings (SSSR count). The number of rotatable bonds is 6. The summed E-state index contributed by atoms with van der Waals surface area (Å²) in [6.45, 7) is 4.96. The van der Waals surface area contributed by atoms with Crippen LogP contribution in [0.5, 0.6) is 0 Å². The van der Waals surface area contributed by atoms with Crippen LogP contribution in [0.2, 0.25) is 0 Å². The van der Waals surface area contributed by atoms with E-state index in [0.29, 0.717) is 0 Å². The minimum Gasteiger partial charge on any atom is -0.481 e. The topological polar surface area (TPSA) is 104 Å². The lowest BCUT2D eigenvalue weighted by Crippen LogP contribution is -2.55. The van der Waals surface area contributed by atoms with Crippen LogP contribution in [0.25, 0.3) is 11.1 Å². The number of hydrogen-bond acceptors (Lipinski definition) is 4. The number of amides is 1. The largest absolute Gasteiger partial charge is 0.481 e. The third-order valence-corrected chi connectivity index (χ3v) is 5.22. The monoisotopic (exact) mass is 411 g/mol. The Hall–Kier alpha value is -3.35. The first-order valence-corrected chi connectivity index (χ1v) is 9.70. The van der Waals surface area contributed by atoms with Crippen LogP contribution in [0.4, 0.5) is 4.79 Å². The summed E-state index contributed by atoms with van der Waals surface area (Å²) in [6.07, 6.45) is -1.56. The van der Waals surface area contributed by atoms with Gasteiger partial charge < -0.3 is 14.9 Å². The first-order chi connectivity index (χ1) is 14.1. The molecule has 0 saturated carbocycles. The molecule has 0 fully saturated rings. The molecule has 0 heterocycles. The molecule has 0 aliphatic heterocycles. The van der Waals surface area contributed by atoms with Gasteiger partial charge in [-0.3, -0.25) is 9.69 Å². The number of carbonyl (C=O) groups is 3. The molecule has 30 heavy (non-hydrogen) atoms. The summed E-state index contributed by atoms with van der Waals surface area (Å²) >= 11 is 0. The molecule has 1 aliphatic carbocycles. The highest BCUT2D eigenvalue weighted by atomic mass is 16.6. The fraction of sp³-hybridized carbons (Fsp3) is 0.348. The molecule has 1 atom stereocenters. The molecule has 1 aliphatic rings. The standard InChI is InChI=1S/C23H25NO6/c1-23(2,3)24(19(21(27)28)12-20(25)26)22(29)30-13-18-16-10-6-4-8-14(16)15-9-5-7-11-17(15)18/h4-11,18-19H,12-13H2,1-3H3,(H,25,26)(H,27,28)/t19-/m0/s1. The fourth-order valence-corrected chi connectivity index (χ4v) is 3.99. The Kier molecular flexibility index (Phi) is 5.82. The van der Waals surface area contributed by atoms with Crippen LogP contribution in [0.15, 0.2) is 48.5 Å². The number of carboxylic acid groups (broad SMARTS) is 2. The number of carboxylic acids is 2. The molecular weight excluding hydrogens is 386 g/mol. The van der Waals surface area contributed by atoms with Crippen molar-refractivity contribution in [2.75, 3.05) is 6.61 Å². The zero-order valence-corrected chi connectivity index (χ0v) is 17.2. The average molecular weight is 411 g/mol. The fourth-order valence-electron chi connectivity index (χ4n) is 3.99. The normalized spacial score (nSPS) is 13.8. The molecule has 0 aromatic heterocycles. The predicted molar refractivity (Wildman–Crippen MR) is 110 cm³/mol. The molecular formula is C23H25NO6. The number of aliphatic carboxylic acids is 2. The van der Waals surface area contributed by atoms with Gasteiger partial charge >= 0.3 is 18.0 Å². The number of nitrogens with zero attached hydrogens (tertiary/aromatic N) is 1. The van der Waals surface area contributed by atoms with E-state index in [0.717, 1.165) is 27.2 Å². The molecule has 0 radical (unpaired) electrons. The third kappa shape index (κ3) is 4.15. The number of hydrogen-bond donors (Lipinski definition) is 2. The summed E-state index contributed by atoms with van der Waals surface area (Å²) in [5, 5.41) is 18.6. The van der Waals surface area contributed by atoms with Gasteiger partial charge in [-0.2, -0.15) is 0 Å². The van der Waals surface area contributed by atoms with E-state index < -0.39 is 36.0 Å². The van der Waals surface area contributed by atoms with Crippen LogP contribution >= 0.6 is 0 Å². The van der Waals surface area contributed by atoms with Gasteiger partial charge in [0.1, 0.15) is 12.6 Å². The summed E-state index contributed by atoms with van der Waals surface area (Å²) in [5.41, 5.74) is 3.29. The summed E-state index contributed by atoms with van der Waals surface area (Å²) in [6, 6.07) is 14.2. The molecule has 1 amide bonds. The van der Waals surface area contributed by atoms with Crippen LogP contribution in [0.3, 0.4) is 0 Å². The van der Waals surface area contributed by atoms with Gasteiger partial charge in [0, 0.05) is 11.5 Å². The summed E-state index contributed by atoms with van der Waals surface area (Å²) < 4.78 is 5.57. The number of fused-ring (bicyclic) bond motifs is 3. The molecule has 158 valence electrons. The van der Waals surface area contributed by atoms with Gasteiger partial charge in [-0.15, -0.1) is 0 Å². The second-order valence-electron chi connectivity index (χ2n) is 8.30. The van der Waals surface area contributed by atoms with Crippen LogP contribution in [0, 0.1) is 0 Å². The van der Waals surface area contributed by atoms with Crippen LogP contribution in [-0.2, 0) is 14.3 Å². The molecule has 2 aromatic rings. The van der Waals surface area contributed by atoms with Gasteiger partial charge in [-0.05, 0) is 43.0 Å². The molecule has 0 saturated heterocycles. The SMILES string of the molecule is CC(C)(C)N(C(=O)OCC1c2ccccc2-c2ccccc21)[C@@H](CC(=O)O)C(=O)O. The van der Waals surface area contributed by atoms with Crippen molar-refractivity contribution in [3.8, 4) is 11.1 Å². The smallest absolute Gasteiger partial charge is 0.410 e. The molecule has 0 bridgehead atoms. The van der Waals surface area contributed by atoms with Gasteiger partial charge in [0.15, 0.2) is 0 Å². The van der Waals surface area contributed by atoms with Crippen molar-refractivity contribution in [2.45, 2.75) is 44.7 Å². The van der Waals surface area contributed by atoms with Crippen molar-refractivity contribution in [1.29, 1.82) is 0 Å². The second-order valence-corrected chi connectivity index (χ2v) is 8.30. The van der Waals surface area contributed by atoms with Crippen molar-refractivity contribution >= 4 is 18.0 Å². The van der Waals surface area contributed by atoms with Crippen molar-refractivity contribution in [2.24, 2.45) is 0 Å². The first-order valence-electron chi connectivity index (χ1n) is 9.70. The van der Waals surface area contributed by atoms with Gasteiger partial charge in [0.05, 0.1) is 6.42 Å². The van der Waals surface area contributed by atoms with E-state index in [1.165, 1.54) is 0 Å². The summed E-state index contributed by atoms with van der Waals surface area (Å²) in [7, 11) is 0. The van der Waals surface area contributed by atoms with E-state index in [1.54, 1.807) is 20.8 Å². The highest BCUT2D eigenvalue weighted by Crippen LogP contribution is 2.44. The van der Waals surface area contributed by atoms with Crippen LogP contribution in [0.1, 0.15) is 44.2 Å². The summed E-state index contributed by atoms with van der Waals surface area (Å²) in [5.74, 6) is -2.87. The van der Waals surface area contributed by atoms with Gasteiger partial charge in [0.25, 0.3) is 0 Å². The van der Waals surface area contributed by atoms with E-state index in [-0.39, 0.29) is 12.5 Å². The maximum atomic E-state index is 12.9.